The van der Waals surface area contributed by atoms with E-state index in [1.807, 2.05) is 53.9 Å². The lowest BCUT2D eigenvalue weighted by molar-refractivity contribution is 1.29. The van der Waals surface area contributed by atoms with Crippen molar-refractivity contribution >= 4 is 33.9 Å². The van der Waals surface area contributed by atoms with Gasteiger partial charge in [0.15, 0.2) is 5.82 Å². The monoisotopic (exact) mass is 328 g/mol. The Bertz CT molecular complexity index is 1050. The van der Waals surface area contributed by atoms with E-state index >= 15 is 0 Å². The van der Waals surface area contributed by atoms with E-state index in [9.17, 15) is 0 Å². The van der Waals surface area contributed by atoms with Crippen LogP contribution in [0.4, 0.5) is 11.5 Å². The van der Waals surface area contributed by atoms with Gasteiger partial charge in [-0.25, -0.2) is 9.97 Å². The predicted octanol–water partition coefficient (Wildman–Crippen LogP) is 4.97. The van der Waals surface area contributed by atoms with Gasteiger partial charge >= 0.3 is 0 Å². The van der Waals surface area contributed by atoms with Crippen molar-refractivity contribution in [1.29, 1.82) is 5.26 Å². The van der Waals surface area contributed by atoms with Gasteiger partial charge in [0.05, 0.1) is 27.5 Å². The van der Waals surface area contributed by atoms with E-state index in [4.69, 9.17) is 15.2 Å². The van der Waals surface area contributed by atoms with Crippen molar-refractivity contribution in [2.24, 2.45) is 0 Å². The Balaban J connectivity index is 1.86. The summed E-state index contributed by atoms with van der Waals surface area (Å²) < 4.78 is 0. The van der Waals surface area contributed by atoms with Gasteiger partial charge in [0.2, 0.25) is 0 Å². The predicted molar refractivity (Wildman–Crippen MR) is 97.3 cm³/mol. The number of nitrogens with one attached hydrogen (secondary N) is 1. The minimum atomic E-state index is 0.603. The molecule has 0 atom stereocenters. The second-order valence-electron chi connectivity index (χ2n) is 5.20. The molecule has 114 valence electrons. The zero-order valence-electron chi connectivity index (χ0n) is 12.6. The van der Waals surface area contributed by atoms with Crippen molar-refractivity contribution in [3.63, 3.8) is 0 Å². The van der Waals surface area contributed by atoms with Crippen LogP contribution in [0.1, 0.15) is 5.56 Å². The molecule has 0 aliphatic carbocycles. The van der Waals surface area contributed by atoms with Crippen LogP contribution in [-0.2, 0) is 0 Å². The molecule has 4 rings (SSSR count). The van der Waals surface area contributed by atoms with Gasteiger partial charge in [-0.05, 0) is 41.8 Å². The zero-order chi connectivity index (χ0) is 16.4. The maximum Gasteiger partial charge on any atom is 0.158 e. The van der Waals surface area contributed by atoms with E-state index in [0.717, 1.165) is 27.3 Å². The fourth-order valence-electron chi connectivity index (χ4n) is 2.48. The zero-order valence-corrected chi connectivity index (χ0v) is 13.4. The average molecular weight is 328 g/mol. The molecule has 0 unspecified atom stereocenters. The van der Waals surface area contributed by atoms with Gasteiger partial charge in [-0.2, -0.15) is 5.26 Å². The molecule has 0 radical (unpaired) electrons. The van der Waals surface area contributed by atoms with Crippen LogP contribution in [0.5, 0.6) is 0 Å². The minimum Gasteiger partial charge on any atom is -0.338 e. The van der Waals surface area contributed by atoms with Crippen LogP contribution in [0.3, 0.4) is 0 Å². The standard InChI is InChI=1S/C19H12N4S/c20-12-13-5-3-6-14(11-13)21-19-18(17-9-4-10-24-17)22-15-7-1-2-8-16(15)23-19/h1-11H,(H,21,23). The third-order valence-corrected chi connectivity index (χ3v) is 4.46. The number of fused-ring (bicyclic) bond motifs is 1. The second kappa shape index (κ2) is 6.11. The summed E-state index contributed by atoms with van der Waals surface area (Å²) in [6.07, 6.45) is 0. The first kappa shape index (κ1) is 14.4. The summed E-state index contributed by atoms with van der Waals surface area (Å²) in [7, 11) is 0. The number of aromatic nitrogens is 2. The number of nitriles is 1. The number of anilines is 2. The Morgan fingerprint density at radius 2 is 1.75 bits per heavy atom. The quantitative estimate of drug-likeness (QED) is 0.576. The highest BCUT2D eigenvalue weighted by Crippen LogP contribution is 2.32. The molecule has 1 N–H and O–H groups in total. The molecular formula is C19H12N4S. The summed E-state index contributed by atoms with van der Waals surface area (Å²) in [5.41, 5.74) is 3.92. The van der Waals surface area contributed by atoms with E-state index in [1.165, 1.54) is 0 Å². The smallest absolute Gasteiger partial charge is 0.158 e. The summed E-state index contributed by atoms with van der Waals surface area (Å²) in [4.78, 5) is 10.6. The van der Waals surface area contributed by atoms with E-state index < -0.39 is 0 Å². The van der Waals surface area contributed by atoms with E-state index in [0.29, 0.717) is 11.4 Å². The highest BCUT2D eigenvalue weighted by Gasteiger charge is 2.12. The van der Waals surface area contributed by atoms with E-state index in [1.54, 1.807) is 23.5 Å². The van der Waals surface area contributed by atoms with Crippen molar-refractivity contribution in [3.8, 4) is 16.6 Å². The SMILES string of the molecule is N#Cc1cccc(Nc2nc3ccccc3nc2-c2cccs2)c1. The molecule has 2 heterocycles. The van der Waals surface area contributed by atoms with Crippen LogP contribution in [0.15, 0.2) is 66.0 Å². The third-order valence-electron chi connectivity index (χ3n) is 3.58. The summed E-state index contributed by atoms with van der Waals surface area (Å²) in [6.45, 7) is 0. The van der Waals surface area contributed by atoms with E-state index in [2.05, 4.69) is 11.4 Å². The van der Waals surface area contributed by atoms with Gasteiger partial charge < -0.3 is 5.32 Å². The Morgan fingerprint density at radius 3 is 2.50 bits per heavy atom. The van der Waals surface area contributed by atoms with Gasteiger partial charge in [-0.1, -0.05) is 24.3 Å². The van der Waals surface area contributed by atoms with Crippen LogP contribution in [-0.4, -0.2) is 9.97 Å². The molecule has 4 aromatic rings. The van der Waals surface area contributed by atoms with Crippen LogP contribution in [0, 0.1) is 11.3 Å². The molecule has 0 aliphatic rings. The fourth-order valence-corrected chi connectivity index (χ4v) is 3.19. The molecule has 2 aromatic carbocycles. The maximum atomic E-state index is 9.07. The highest BCUT2D eigenvalue weighted by atomic mass is 32.1. The Morgan fingerprint density at radius 1 is 0.917 bits per heavy atom. The molecule has 0 bridgehead atoms. The number of thiophene rings is 1. The van der Waals surface area contributed by atoms with Gasteiger partial charge in [-0.15, -0.1) is 11.3 Å². The lowest BCUT2D eigenvalue weighted by Gasteiger charge is -2.11. The minimum absolute atomic E-state index is 0.603. The first-order valence-corrected chi connectivity index (χ1v) is 8.29. The lowest BCUT2D eigenvalue weighted by Crippen LogP contribution is -1.99. The number of rotatable bonds is 3. The summed E-state index contributed by atoms with van der Waals surface area (Å²) in [5.74, 6) is 0.686. The number of nitrogens with zero attached hydrogens (tertiary/aromatic N) is 3. The fraction of sp³-hybridized carbons (Fsp3) is 0. The molecular weight excluding hydrogens is 316 g/mol. The van der Waals surface area contributed by atoms with Crippen molar-refractivity contribution in [2.75, 3.05) is 5.32 Å². The Kier molecular flexibility index (Phi) is 3.66. The van der Waals surface area contributed by atoms with Crippen molar-refractivity contribution in [2.45, 2.75) is 0 Å². The molecule has 24 heavy (non-hydrogen) atoms. The van der Waals surface area contributed by atoms with Gasteiger partial charge in [0.1, 0.15) is 5.69 Å². The number of para-hydroxylation sites is 2. The normalized spacial score (nSPS) is 10.5. The largest absolute Gasteiger partial charge is 0.338 e. The molecule has 4 nitrogen and oxygen atoms in total. The topological polar surface area (TPSA) is 61.6 Å². The molecule has 2 aromatic heterocycles. The highest BCUT2D eigenvalue weighted by molar-refractivity contribution is 7.13. The number of hydrogen-bond donors (Lipinski definition) is 1. The van der Waals surface area contributed by atoms with E-state index in [-0.39, 0.29) is 0 Å². The van der Waals surface area contributed by atoms with Gasteiger partial charge in [0, 0.05) is 5.69 Å². The Hall–Kier alpha value is -3.23. The van der Waals surface area contributed by atoms with Crippen molar-refractivity contribution in [1.82, 2.24) is 9.97 Å². The third kappa shape index (κ3) is 2.71. The second-order valence-corrected chi connectivity index (χ2v) is 6.15. The molecule has 0 amide bonds. The lowest BCUT2D eigenvalue weighted by atomic mass is 10.2. The molecule has 0 spiro atoms. The Labute approximate surface area is 143 Å². The molecule has 0 aliphatic heterocycles. The van der Waals surface area contributed by atoms with Crippen molar-refractivity contribution in [3.05, 3.63) is 71.6 Å². The first-order valence-electron chi connectivity index (χ1n) is 7.41. The van der Waals surface area contributed by atoms with Crippen LogP contribution in [0.25, 0.3) is 21.6 Å². The summed E-state index contributed by atoms with van der Waals surface area (Å²) in [6, 6.07) is 21.3. The first-order chi connectivity index (χ1) is 11.8. The maximum absolute atomic E-state index is 9.07. The average Bonchev–Trinajstić information content (AvgIpc) is 3.16. The van der Waals surface area contributed by atoms with Gasteiger partial charge in [0.25, 0.3) is 0 Å². The summed E-state index contributed by atoms with van der Waals surface area (Å²) >= 11 is 1.62. The molecule has 0 saturated heterocycles. The van der Waals surface area contributed by atoms with Gasteiger partial charge in [-0.3, -0.25) is 0 Å². The number of hydrogen-bond acceptors (Lipinski definition) is 5. The van der Waals surface area contributed by atoms with Crippen LogP contribution >= 0.6 is 11.3 Å². The van der Waals surface area contributed by atoms with Crippen LogP contribution < -0.4 is 5.32 Å². The van der Waals surface area contributed by atoms with Crippen LogP contribution in [0.2, 0.25) is 0 Å². The summed E-state index contributed by atoms with van der Waals surface area (Å²) in [5, 5.41) is 14.4. The molecule has 5 heteroatoms. The van der Waals surface area contributed by atoms with Crippen molar-refractivity contribution < 1.29 is 0 Å². The molecule has 0 fully saturated rings. The molecule has 0 saturated carbocycles. The number of benzene rings is 2.